The summed E-state index contributed by atoms with van der Waals surface area (Å²) in [4.78, 5) is 15.0. The summed E-state index contributed by atoms with van der Waals surface area (Å²) in [6.07, 6.45) is 3.16. The fraction of sp³-hybridized carbons (Fsp3) is 0.250. The summed E-state index contributed by atoms with van der Waals surface area (Å²) in [6.45, 7) is 0.956. The molecule has 0 atom stereocenters. The van der Waals surface area contributed by atoms with Gasteiger partial charge >= 0.3 is 0 Å². The van der Waals surface area contributed by atoms with E-state index in [2.05, 4.69) is 10.3 Å². The van der Waals surface area contributed by atoms with Crippen molar-refractivity contribution < 1.29 is 4.79 Å². The fourth-order valence-electron chi connectivity index (χ4n) is 0.791. The van der Waals surface area contributed by atoms with Gasteiger partial charge < -0.3 is 11.1 Å². The Morgan fingerprint density at radius 1 is 1.36 bits per heavy atom. The Balaban J connectivity index is 0. The maximum Gasteiger partial charge on any atom is 0.251 e. The highest BCUT2D eigenvalue weighted by Crippen LogP contribution is 1.94. The van der Waals surface area contributed by atoms with Gasteiger partial charge in [-0.3, -0.25) is 9.78 Å². The summed E-state index contributed by atoms with van der Waals surface area (Å²) < 4.78 is 0. The van der Waals surface area contributed by atoms with Gasteiger partial charge in [0.2, 0.25) is 0 Å². The lowest BCUT2D eigenvalue weighted by molar-refractivity contribution is 0.0954. The molecule has 1 aromatic heterocycles. The molecule has 0 saturated heterocycles. The Kier molecular flexibility index (Phi) is 9.76. The lowest BCUT2D eigenvalue weighted by Crippen LogP contribution is -2.28. The number of nitrogens with zero attached hydrogens (tertiary/aromatic N) is 1. The molecular weight excluding hydrogens is 225 g/mol. The normalized spacial score (nSPS) is 8.07. The molecule has 1 aromatic rings. The maximum atomic E-state index is 11.2. The number of hydrogen-bond acceptors (Lipinski definition) is 3. The minimum Gasteiger partial charge on any atom is -0.351 e. The molecule has 0 spiro atoms. The Labute approximate surface area is 95.1 Å². The Hall–Kier alpha value is -0.840. The lowest BCUT2D eigenvalue weighted by atomic mass is 10.2. The van der Waals surface area contributed by atoms with E-state index in [4.69, 9.17) is 5.73 Å². The van der Waals surface area contributed by atoms with Crippen LogP contribution in [0.25, 0.3) is 0 Å². The van der Waals surface area contributed by atoms with Crippen molar-refractivity contribution in [1.82, 2.24) is 10.3 Å². The molecule has 0 aromatic carbocycles. The molecule has 0 aliphatic carbocycles. The third-order valence-corrected chi connectivity index (χ3v) is 1.37. The van der Waals surface area contributed by atoms with E-state index in [0.717, 1.165) is 0 Å². The first-order valence-corrected chi connectivity index (χ1v) is 3.73. The Morgan fingerprint density at radius 3 is 2.43 bits per heavy atom. The molecule has 6 heteroatoms. The molecule has 0 unspecified atom stereocenters. The molecule has 0 bridgehead atoms. The number of amides is 1. The number of pyridine rings is 1. The molecule has 80 valence electrons. The van der Waals surface area contributed by atoms with Crippen LogP contribution in [-0.2, 0) is 0 Å². The van der Waals surface area contributed by atoms with E-state index in [1.807, 2.05) is 0 Å². The van der Waals surface area contributed by atoms with E-state index in [-0.39, 0.29) is 30.7 Å². The van der Waals surface area contributed by atoms with Crippen LogP contribution in [0.2, 0.25) is 0 Å². The predicted molar refractivity (Wildman–Crippen MR) is 60.1 cm³/mol. The van der Waals surface area contributed by atoms with Crippen LogP contribution in [0.15, 0.2) is 24.5 Å². The van der Waals surface area contributed by atoms with Crippen LogP contribution in [0.4, 0.5) is 0 Å². The Bertz CT molecular complexity index is 256. The van der Waals surface area contributed by atoms with Crippen molar-refractivity contribution >= 4 is 30.7 Å². The van der Waals surface area contributed by atoms with Gasteiger partial charge in [0, 0.05) is 31.0 Å². The highest BCUT2D eigenvalue weighted by atomic mass is 35.5. The van der Waals surface area contributed by atoms with E-state index in [1.165, 1.54) is 0 Å². The molecule has 0 fully saturated rings. The highest BCUT2D eigenvalue weighted by molar-refractivity contribution is 5.93. The van der Waals surface area contributed by atoms with Crippen molar-refractivity contribution in [3.8, 4) is 0 Å². The molecule has 4 nitrogen and oxygen atoms in total. The van der Waals surface area contributed by atoms with Crippen LogP contribution < -0.4 is 11.1 Å². The zero-order chi connectivity index (χ0) is 8.81. The molecule has 0 aliphatic heterocycles. The highest BCUT2D eigenvalue weighted by Gasteiger charge is 2.01. The molecule has 14 heavy (non-hydrogen) atoms. The number of aromatic nitrogens is 1. The number of hydrogen-bond donors (Lipinski definition) is 2. The summed E-state index contributed by atoms with van der Waals surface area (Å²) >= 11 is 0. The largest absolute Gasteiger partial charge is 0.351 e. The zero-order valence-electron chi connectivity index (χ0n) is 7.47. The number of rotatable bonds is 3. The van der Waals surface area contributed by atoms with Crippen LogP contribution in [-0.4, -0.2) is 24.0 Å². The van der Waals surface area contributed by atoms with E-state index in [0.29, 0.717) is 18.7 Å². The minimum absolute atomic E-state index is 0. The van der Waals surface area contributed by atoms with Gasteiger partial charge in [0.1, 0.15) is 0 Å². The average molecular weight is 238 g/mol. The fourth-order valence-corrected chi connectivity index (χ4v) is 0.791. The van der Waals surface area contributed by atoms with Crippen LogP contribution in [0.3, 0.4) is 0 Å². The second kappa shape index (κ2) is 8.74. The van der Waals surface area contributed by atoms with Gasteiger partial charge in [-0.1, -0.05) is 0 Å². The van der Waals surface area contributed by atoms with E-state index < -0.39 is 0 Å². The number of nitrogens with two attached hydrogens (primary N) is 1. The number of nitrogens with one attached hydrogen (secondary N) is 1. The van der Waals surface area contributed by atoms with E-state index in [1.54, 1.807) is 24.5 Å². The predicted octanol–water partition coefficient (Wildman–Crippen LogP) is 0.614. The molecular formula is C8H13Cl2N3O. The van der Waals surface area contributed by atoms with Crippen molar-refractivity contribution in [2.75, 3.05) is 13.1 Å². The maximum absolute atomic E-state index is 11.2. The van der Waals surface area contributed by atoms with Crippen LogP contribution in [0, 0.1) is 0 Å². The molecule has 0 aliphatic rings. The van der Waals surface area contributed by atoms with Crippen molar-refractivity contribution in [2.45, 2.75) is 0 Å². The monoisotopic (exact) mass is 237 g/mol. The molecule has 1 rings (SSSR count). The quantitative estimate of drug-likeness (QED) is 0.810. The number of carbonyl (C=O) groups excluding carboxylic acids is 1. The molecule has 0 radical (unpaired) electrons. The molecule has 3 N–H and O–H groups in total. The summed E-state index contributed by atoms with van der Waals surface area (Å²) in [5.41, 5.74) is 5.84. The van der Waals surface area contributed by atoms with Crippen molar-refractivity contribution in [3.05, 3.63) is 30.1 Å². The van der Waals surface area contributed by atoms with Gasteiger partial charge in [-0.25, -0.2) is 0 Å². The molecule has 0 saturated carbocycles. The third-order valence-electron chi connectivity index (χ3n) is 1.37. The lowest BCUT2D eigenvalue weighted by Gasteiger charge is -2.01. The van der Waals surface area contributed by atoms with E-state index >= 15 is 0 Å². The van der Waals surface area contributed by atoms with Gasteiger partial charge in [-0.05, 0) is 12.1 Å². The Morgan fingerprint density at radius 2 is 1.93 bits per heavy atom. The van der Waals surface area contributed by atoms with Crippen LogP contribution >= 0.6 is 24.8 Å². The second-order valence-corrected chi connectivity index (χ2v) is 2.28. The average Bonchev–Trinajstić information content (AvgIpc) is 2.15. The summed E-state index contributed by atoms with van der Waals surface area (Å²) in [5.74, 6) is -0.108. The SMILES string of the molecule is Cl.Cl.NCCNC(=O)c1ccncc1. The first-order valence-electron chi connectivity index (χ1n) is 3.73. The topological polar surface area (TPSA) is 68.0 Å². The third kappa shape index (κ3) is 5.01. The van der Waals surface area contributed by atoms with Crippen molar-refractivity contribution in [3.63, 3.8) is 0 Å². The van der Waals surface area contributed by atoms with Crippen molar-refractivity contribution in [2.24, 2.45) is 5.73 Å². The van der Waals surface area contributed by atoms with Crippen molar-refractivity contribution in [1.29, 1.82) is 0 Å². The van der Waals surface area contributed by atoms with Crippen LogP contribution in [0.5, 0.6) is 0 Å². The van der Waals surface area contributed by atoms with E-state index in [9.17, 15) is 4.79 Å². The summed E-state index contributed by atoms with van der Waals surface area (Å²) in [6, 6.07) is 3.32. The molecule has 1 amide bonds. The summed E-state index contributed by atoms with van der Waals surface area (Å²) in [5, 5.41) is 2.66. The van der Waals surface area contributed by atoms with Gasteiger partial charge in [0.25, 0.3) is 5.91 Å². The van der Waals surface area contributed by atoms with Gasteiger partial charge in [0.05, 0.1) is 0 Å². The smallest absolute Gasteiger partial charge is 0.251 e. The minimum atomic E-state index is -0.108. The van der Waals surface area contributed by atoms with Gasteiger partial charge in [-0.2, -0.15) is 0 Å². The number of carbonyl (C=O) groups is 1. The number of halogens is 2. The van der Waals surface area contributed by atoms with Crippen LogP contribution in [0.1, 0.15) is 10.4 Å². The summed E-state index contributed by atoms with van der Waals surface area (Å²) in [7, 11) is 0. The first kappa shape index (κ1) is 15.6. The standard InChI is InChI=1S/C8H11N3O.2ClH/c9-3-6-11-8(12)7-1-4-10-5-2-7;;/h1-2,4-5H,3,6,9H2,(H,11,12);2*1H. The first-order chi connectivity index (χ1) is 5.84. The molecule has 1 heterocycles. The van der Waals surface area contributed by atoms with Gasteiger partial charge in [0.15, 0.2) is 0 Å². The zero-order valence-corrected chi connectivity index (χ0v) is 9.11. The second-order valence-electron chi connectivity index (χ2n) is 2.28. The van der Waals surface area contributed by atoms with Gasteiger partial charge in [-0.15, -0.1) is 24.8 Å².